The van der Waals surface area contributed by atoms with Gasteiger partial charge in [-0.3, -0.25) is 9.48 Å². The summed E-state index contributed by atoms with van der Waals surface area (Å²) in [6.07, 6.45) is 7.52. The summed E-state index contributed by atoms with van der Waals surface area (Å²) in [5.41, 5.74) is 1.87. The summed E-state index contributed by atoms with van der Waals surface area (Å²) in [5.74, 6) is -0.0141. The number of nitrogens with one attached hydrogen (secondary N) is 1. The lowest BCUT2D eigenvalue weighted by Crippen LogP contribution is -2.28. The first kappa shape index (κ1) is 14.1. The van der Waals surface area contributed by atoms with Crippen LogP contribution in [0.15, 0.2) is 61.2 Å². The van der Waals surface area contributed by atoms with Crippen molar-refractivity contribution in [2.75, 3.05) is 6.54 Å². The highest BCUT2D eigenvalue weighted by atomic mass is 16.1. The molecule has 0 aliphatic carbocycles. The number of aromatic nitrogens is 4. The van der Waals surface area contributed by atoms with Crippen molar-refractivity contribution in [3.63, 3.8) is 0 Å². The smallest absolute Gasteiger partial charge is 0.224 e. The van der Waals surface area contributed by atoms with Gasteiger partial charge in [-0.2, -0.15) is 10.2 Å². The van der Waals surface area contributed by atoms with Crippen molar-refractivity contribution >= 4 is 5.91 Å². The van der Waals surface area contributed by atoms with Crippen LogP contribution in [0.4, 0.5) is 0 Å². The van der Waals surface area contributed by atoms with Crippen LogP contribution in [-0.4, -0.2) is 32.0 Å². The van der Waals surface area contributed by atoms with Crippen LogP contribution in [0.1, 0.15) is 5.56 Å². The lowest BCUT2D eigenvalue weighted by Gasteiger charge is -2.04. The van der Waals surface area contributed by atoms with Crippen LogP contribution >= 0.6 is 0 Å². The largest absolute Gasteiger partial charge is 0.354 e. The number of carbonyl (C=O) groups is 1. The van der Waals surface area contributed by atoms with E-state index in [2.05, 4.69) is 15.5 Å². The van der Waals surface area contributed by atoms with E-state index in [1.54, 1.807) is 21.8 Å². The minimum Gasteiger partial charge on any atom is -0.354 e. The maximum Gasteiger partial charge on any atom is 0.224 e. The Morgan fingerprint density at radius 3 is 2.77 bits per heavy atom. The lowest BCUT2D eigenvalue weighted by atomic mass is 10.2. The van der Waals surface area contributed by atoms with E-state index in [0.29, 0.717) is 19.5 Å². The fourth-order valence-corrected chi connectivity index (χ4v) is 2.16. The molecule has 2 aromatic heterocycles. The van der Waals surface area contributed by atoms with Crippen molar-refractivity contribution in [1.82, 2.24) is 24.9 Å². The molecule has 112 valence electrons. The topological polar surface area (TPSA) is 64.7 Å². The molecular formula is C16H17N5O. The zero-order valence-corrected chi connectivity index (χ0v) is 12.1. The van der Waals surface area contributed by atoms with Gasteiger partial charge in [0.15, 0.2) is 0 Å². The molecule has 1 N–H and O–H groups in total. The molecule has 2 heterocycles. The average molecular weight is 295 g/mol. The van der Waals surface area contributed by atoms with Gasteiger partial charge in [-0.05, 0) is 23.8 Å². The Labute approximate surface area is 128 Å². The van der Waals surface area contributed by atoms with Crippen molar-refractivity contribution in [3.05, 3.63) is 66.7 Å². The molecule has 0 atom stereocenters. The molecule has 0 saturated heterocycles. The number of benzene rings is 1. The van der Waals surface area contributed by atoms with Crippen LogP contribution in [-0.2, 0) is 17.8 Å². The maximum absolute atomic E-state index is 11.9. The molecule has 0 unspecified atom stereocenters. The van der Waals surface area contributed by atoms with Crippen LogP contribution < -0.4 is 5.32 Å². The van der Waals surface area contributed by atoms with E-state index >= 15 is 0 Å². The highest BCUT2D eigenvalue weighted by Crippen LogP contribution is 2.07. The van der Waals surface area contributed by atoms with Gasteiger partial charge in [0.1, 0.15) is 0 Å². The monoisotopic (exact) mass is 295 g/mol. The molecule has 6 heteroatoms. The summed E-state index contributed by atoms with van der Waals surface area (Å²) in [4.78, 5) is 11.9. The number of rotatable bonds is 6. The minimum absolute atomic E-state index is 0.0141. The fraction of sp³-hybridized carbons (Fsp3) is 0.188. The summed E-state index contributed by atoms with van der Waals surface area (Å²) in [6, 6.07) is 11.7. The van der Waals surface area contributed by atoms with Crippen molar-refractivity contribution in [1.29, 1.82) is 0 Å². The Morgan fingerprint density at radius 1 is 1.14 bits per heavy atom. The summed E-state index contributed by atoms with van der Waals surface area (Å²) in [5, 5.41) is 11.3. The second-order valence-electron chi connectivity index (χ2n) is 4.92. The fourth-order valence-electron chi connectivity index (χ4n) is 2.16. The number of amides is 1. The zero-order valence-electron chi connectivity index (χ0n) is 12.1. The highest BCUT2D eigenvalue weighted by molar-refractivity contribution is 5.78. The third kappa shape index (κ3) is 3.60. The van der Waals surface area contributed by atoms with E-state index in [1.807, 2.05) is 48.8 Å². The second-order valence-corrected chi connectivity index (χ2v) is 4.92. The zero-order chi connectivity index (χ0) is 15.2. The Bertz CT molecular complexity index is 718. The van der Waals surface area contributed by atoms with Crippen molar-refractivity contribution < 1.29 is 4.79 Å². The third-order valence-corrected chi connectivity index (χ3v) is 3.24. The summed E-state index contributed by atoms with van der Waals surface area (Å²) >= 11 is 0. The molecule has 6 nitrogen and oxygen atoms in total. The minimum atomic E-state index is -0.0141. The van der Waals surface area contributed by atoms with E-state index in [4.69, 9.17) is 0 Å². The van der Waals surface area contributed by atoms with Gasteiger partial charge in [-0.25, -0.2) is 4.68 Å². The van der Waals surface area contributed by atoms with Gasteiger partial charge in [0.25, 0.3) is 0 Å². The Hall–Kier alpha value is -2.89. The number of hydrogen-bond donors (Lipinski definition) is 1. The molecule has 3 aromatic rings. The van der Waals surface area contributed by atoms with Gasteiger partial charge in [-0.15, -0.1) is 0 Å². The van der Waals surface area contributed by atoms with Crippen LogP contribution in [0, 0.1) is 0 Å². The standard InChI is InChI=1S/C16H17N5O/c22-16(17-8-10-20-9-4-7-18-20)11-14-12-19-21(13-14)15-5-2-1-3-6-15/h1-7,9,12-13H,8,10-11H2,(H,17,22). The van der Waals surface area contributed by atoms with E-state index in [0.717, 1.165) is 11.3 Å². The number of nitrogens with zero attached hydrogens (tertiary/aromatic N) is 4. The van der Waals surface area contributed by atoms with Gasteiger partial charge in [-0.1, -0.05) is 18.2 Å². The molecule has 0 spiro atoms. The SMILES string of the molecule is O=C(Cc1cnn(-c2ccccc2)c1)NCCn1cccn1. The van der Waals surface area contributed by atoms with Gasteiger partial charge in [0.2, 0.25) is 5.91 Å². The van der Waals surface area contributed by atoms with Crippen LogP contribution in [0.3, 0.4) is 0 Å². The molecule has 1 aromatic carbocycles. The molecule has 0 radical (unpaired) electrons. The van der Waals surface area contributed by atoms with Gasteiger partial charge < -0.3 is 5.32 Å². The molecular weight excluding hydrogens is 278 g/mol. The first-order valence-corrected chi connectivity index (χ1v) is 7.14. The number of carbonyl (C=O) groups excluding carboxylic acids is 1. The Morgan fingerprint density at radius 2 is 2.00 bits per heavy atom. The van der Waals surface area contributed by atoms with Gasteiger partial charge in [0.05, 0.1) is 24.8 Å². The van der Waals surface area contributed by atoms with Crippen molar-refractivity contribution in [2.45, 2.75) is 13.0 Å². The highest BCUT2D eigenvalue weighted by Gasteiger charge is 2.06. The molecule has 0 aliphatic rings. The van der Waals surface area contributed by atoms with E-state index in [9.17, 15) is 4.79 Å². The number of para-hydroxylation sites is 1. The van der Waals surface area contributed by atoms with Crippen LogP contribution in [0.2, 0.25) is 0 Å². The van der Waals surface area contributed by atoms with Crippen molar-refractivity contribution in [2.24, 2.45) is 0 Å². The first-order valence-electron chi connectivity index (χ1n) is 7.14. The molecule has 0 aliphatic heterocycles. The molecule has 0 saturated carbocycles. The number of hydrogen-bond acceptors (Lipinski definition) is 3. The quantitative estimate of drug-likeness (QED) is 0.748. The lowest BCUT2D eigenvalue weighted by molar-refractivity contribution is -0.120. The maximum atomic E-state index is 11.9. The molecule has 1 amide bonds. The van der Waals surface area contributed by atoms with E-state index < -0.39 is 0 Å². The van der Waals surface area contributed by atoms with E-state index in [-0.39, 0.29) is 5.91 Å². The van der Waals surface area contributed by atoms with Crippen LogP contribution in [0.5, 0.6) is 0 Å². The summed E-state index contributed by atoms with van der Waals surface area (Å²) in [7, 11) is 0. The van der Waals surface area contributed by atoms with E-state index in [1.165, 1.54) is 0 Å². The van der Waals surface area contributed by atoms with Crippen molar-refractivity contribution in [3.8, 4) is 5.69 Å². The summed E-state index contributed by atoms with van der Waals surface area (Å²) < 4.78 is 3.56. The Balaban J connectivity index is 1.50. The molecule has 0 fully saturated rings. The molecule has 22 heavy (non-hydrogen) atoms. The Kier molecular flexibility index (Phi) is 4.29. The third-order valence-electron chi connectivity index (χ3n) is 3.24. The van der Waals surface area contributed by atoms with Gasteiger partial charge >= 0.3 is 0 Å². The first-order chi connectivity index (χ1) is 10.8. The predicted molar refractivity (Wildman–Crippen MR) is 82.5 cm³/mol. The van der Waals surface area contributed by atoms with Gasteiger partial charge in [0, 0.05) is 25.1 Å². The normalized spacial score (nSPS) is 10.5. The molecule has 0 bridgehead atoms. The van der Waals surface area contributed by atoms with Crippen LogP contribution in [0.25, 0.3) is 5.69 Å². The average Bonchev–Trinajstić information content (AvgIpc) is 3.20. The summed E-state index contributed by atoms with van der Waals surface area (Å²) in [6.45, 7) is 1.23. The second kappa shape index (κ2) is 6.71. The molecule has 3 rings (SSSR count). The predicted octanol–water partition coefficient (Wildman–Crippen LogP) is 1.43.